The molecule has 0 saturated carbocycles. The van der Waals surface area contributed by atoms with Gasteiger partial charge in [0.25, 0.3) is 0 Å². The second kappa shape index (κ2) is 6.51. The van der Waals surface area contributed by atoms with E-state index < -0.39 is 5.82 Å². The van der Waals surface area contributed by atoms with Crippen molar-refractivity contribution >= 4 is 23.1 Å². The van der Waals surface area contributed by atoms with E-state index in [2.05, 4.69) is 15.3 Å². The van der Waals surface area contributed by atoms with E-state index in [-0.39, 0.29) is 5.56 Å². The topological polar surface area (TPSA) is 61.6 Å². The maximum atomic E-state index is 13.2. The number of anilines is 2. The summed E-state index contributed by atoms with van der Waals surface area (Å²) in [5.74, 6) is 0.707. The molecule has 0 aliphatic carbocycles. The summed E-state index contributed by atoms with van der Waals surface area (Å²) in [6.45, 7) is 3.81. The fraction of sp³-hybridized carbons (Fsp3) is 0.267. The monoisotopic (exact) mass is 304 g/mol. The average molecular weight is 305 g/mol. The van der Waals surface area contributed by atoms with E-state index in [0.29, 0.717) is 34.5 Å². The standard InChI is InChI=1S/C15H14ClFN4/c1-3-4-13-20-14(16)9(2)15(21-13)19-12-6-5-11(17)7-10(12)8-18/h5-7H,3-4H2,1-2H3,(H,19,20,21). The van der Waals surface area contributed by atoms with Crippen LogP contribution in [0.15, 0.2) is 18.2 Å². The normalized spacial score (nSPS) is 10.2. The van der Waals surface area contributed by atoms with Gasteiger partial charge in [-0.2, -0.15) is 5.26 Å². The molecule has 0 spiro atoms. The zero-order chi connectivity index (χ0) is 15.4. The molecule has 0 aliphatic rings. The van der Waals surface area contributed by atoms with Crippen LogP contribution in [-0.4, -0.2) is 9.97 Å². The van der Waals surface area contributed by atoms with Gasteiger partial charge in [-0.3, -0.25) is 0 Å². The lowest BCUT2D eigenvalue weighted by Gasteiger charge is -2.12. The fourth-order valence-corrected chi connectivity index (χ4v) is 2.02. The Kier molecular flexibility index (Phi) is 4.71. The van der Waals surface area contributed by atoms with Gasteiger partial charge in [0.05, 0.1) is 11.3 Å². The van der Waals surface area contributed by atoms with Gasteiger partial charge in [0.2, 0.25) is 0 Å². The molecule has 1 aromatic carbocycles. The van der Waals surface area contributed by atoms with Crippen molar-refractivity contribution in [3.05, 3.63) is 46.1 Å². The van der Waals surface area contributed by atoms with Gasteiger partial charge in [-0.1, -0.05) is 18.5 Å². The lowest BCUT2D eigenvalue weighted by molar-refractivity contribution is 0.627. The zero-order valence-corrected chi connectivity index (χ0v) is 12.5. The Balaban J connectivity index is 2.42. The molecule has 2 aromatic rings. The maximum absolute atomic E-state index is 13.2. The zero-order valence-electron chi connectivity index (χ0n) is 11.7. The number of halogens is 2. The smallest absolute Gasteiger partial charge is 0.138 e. The van der Waals surface area contributed by atoms with Gasteiger partial charge in [0, 0.05) is 12.0 Å². The number of rotatable bonds is 4. The van der Waals surface area contributed by atoms with Crippen molar-refractivity contribution in [2.24, 2.45) is 0 Å². The quantitative estimate of drug-likeness (QED) is 0.862. The number of hydrogen-bond donors (Lipinski definition) is 1. The molecular formula is C15H14ClFN4. The van der Waals surface area contributed by atoms with Gasteiger partial charge in [-0.25, -0.2) is 14.4 Å². The van der Waals surface area contributed by atoms with Crippen LogP contribution in [-0.2, 0) is 6.42 Å². The highest BCUT2D eigenvalue weighted by atomic mass is 35.5. The summed E-state index contributed by atoms with van der Waals surface area (Å²) in [4.78, 5) is 8.62. The first kappa shape index (κ1) is 15.2. The van der Waals surface area contributed by atoms with Crippen LogP contribution < -0.4 is 5.32 Å². The summed E-state index contributed by atoms with van der Waals surface area (Å²) in [5.41, 5.74) is 1.38. The molecular weight excluding hydrogens is 291 g/mol. The van der Waals surface area contributed by atoms with E-state index in [0.717, 1.165) is 6.42 Å². The highest BCUT2D eigenvalue weighted by Gasteiger charge is 2.11. The first-order valence-corrected chi connectivity index (χ1v) is 6.92. The van der Waals surface area contributed by atoms with Gasteiger partial charge < -0.3 is 5.32 Å². The minimum atomic E-state index is -0.457. The highest BCUT2D eigenvalue weighted by molar-refractivity contribution is 6.30. The van der Waals surface area contributed by atoms with Crippen LogP contribution in [0.2, 0.25) is 5.15 Å². The van der Waals surface area contributed by atoms with Gasteiger partial charge in [0.15, 0.2) is 0 Å². The summed E-state index contributed by atoms with van der Waals surface area (Å²) in [5, 5.41) is 12.5. The molecule has 6 heteroatoms. The number of hydrogen-bond acceptors (Lipinski definition) is 4. The van der Waals surface area contributed by atoms with Gasteiger partial charge >= 0.3 is 0 Å². The molecule has 0 fully saturated rings. The number of nitrogens with zero attached hydrogens (tertiary/aromatic N) is 3. The largest absolute Gasteiger partial charge is 0.339 e. The van der Waals surface area contributed by atoms with Crippen molar-refractivity contribution in [3.8, 4) is 6.07 Å². The first-order valence-electron chi connectivity index (χ1n) is 6.54. The highest BCUT2D eigenvalue weighted by Crippen LogP contribution is 2.26. The number of aromatic nitrogens is 2. The Hall–Kier alpha value is -2.19. The molecule has 21 heavy (non-hydrogen) atoms. The summed E-state index contributed by atoms with van der Waals surface area (Å²) in [6.07, 6.45) is 1.61. The van der Waals surface area contributed by atoms with Crippen molar-refractivity contribution in [2.75, 3.05) is 5.32 Å². The van der Waals surface area contributed by atoms with Crippen LogP contribution >= 0.6 is 11.6 Å². The summed E-state index contributed by atoms with van der Waals surface area (Å²) >= 11 is 6.10. The molecule has 0 unspecified atom stereocenters. The van der Waals surface area contributed by atoms with E-state index >= 15 is 0 Å². The molecule has 4 nitrogen and oxygen atoms in total. The molecule has 0 amide bonds. The summed E-state index contributed by atoms with van der Waals surface area (Å²) < 4.78 is 13.2. The fourth-order valence-electron chi connectivity index (χ4n) is 1.84. The number of nitrogens with one attached hydrogen (secondary N) is 1. The average Bonchev–Trinajstić information content (AvgIpc) is 2.46. The van der Waals surface area contributed by atoms with E-state index in [1.807, 2.05) is 13.0 Å². The van der Waals surface area contributed by atoms with Crippen LogP contribution in [0.1, 0.15) is 30.3 Å². The van der Waals surface area contributed by atoms with E-state index in [4.69, 9.17) is 16.9 Å². The van der Waals surface area contributed by atoms with Crippen molar-refractivity contribution in [2.45, 2.75) is 26.7 Å². The SMILES string of the molecule is CCCc1nc(Cl)c(C)c(Nc2ccc(F)cc2C#N)n1. The molecule has 1 aromatic heterocycles. The molecule has 0 aliphatic heterocycles. The molecule has 1 N–H and O–H groups in total. The molecule has 0 bridgehead atoms. The Bertz CT molecular complexity index is 710. The van der Waals surface area contributed by atoms with Gasteiger partial charge in [-0.15, -0.1) is 0 Å². The van der Waals surface area contributed by atoms with Crippen LogP contribution in [0.4, 0.5) is 15.9 Å². The molecule has 108 valence electrons. The third-order valence-electron chi connectivity index (χ3n) is 2.96. The van der Waals surface area contributed by atoms with Crippen LogP contribution in [0.5, 0.6) is 0 Å². The molecule has 0 saturated heterocycles. The van der Waals surface area contributed by atoms with Crippen molar-refractivity contribution in [1.29, 1.82) is 5.26 Å². The Morgan fingerprint density at radius 2 is 2.14 bits per heavy atom. The van der Waals surface area contributed by atoms with E-state index in [1.54, 1.807) is 6.92 Å². The van der Waals surface area contributed by atoms with Crippen molar-refractivity contribution in [1.82, 2.24) is 9.97 Å². The minimum absolute atomic E-state index is 0.209. The summed E-state index contributed by atoms with van der Waals surface area (Å²) in [7, 11) is 0. The van der Waals surface area contributed by atoms with Crippen LogP contribution in [0.25, 0.3) is 0 Å². The van der Waals surface area contributed by atoms with Crippen molar-refractivity contribution < 1.29 is 4.39 Å². The third-order valence-corrected chi connectivity index (χ3v) is 3.33. The van der Waals surface area contributed by atoms with E-state index in [9.17, 15) is 4.39 Å². The molecule has 2 rings (SSSR count). The second-order valence-electron chi connectivity index (χ2n) is 4.58. The minimum Gasteiger partial charge on any atom is -0.339 e. The van der Waals surface area contributed by atoms with E-state index in [1.165, 1.54) is 18.2 Å². The first-order chi connectivity index (χ1) is 10.0. The lowest BCUT2D eigenvalue weighted by Crippen LogP contribution is -2.04. The Morgan fingerprint density at radius 3 is 2.81 bits per heavy atom. The number of nitriles is 1. The van der Waals surface area contributed by atoms with Crippen LogP contribution in [0.3, 0.4) is 0 Å². The molecule has 0 atom stereocenters. The Labute approximate surface area is 127 Å². The molecule has 1 heterocycles. The second-order valence-corrected chi connectivity index (χ2v) is 4.94. The molecule has 0 radical (unpaired) electrons. The summed E-state index contributed by atoms with van der Waals surface area (Å²) in [6, 6.07) is 5.91. The third kappa shape index (κ3) is 3.47. The number of benzene rings is 1. The van der Waals surface area contributed by atoms with Gasteiger partial charge in [0.1, 0.15) is 28.7 Å². The number of aryl methyl sites for hydroxylation is 1. The predicted molar refractivity (Wildman–Crippen MR) is 80.2 cm³/mol. The Morgan fingerprint density at radius 1 is 1.38 bits per heavy atom. The lowest BCUT2D eigenvalue weighted by atomic mass is 10.2. The predicted octanol–water partition coefficient (Wildman–Crippen LogP) is 4.15. The van der Waals surface area contributed by atoms with Crippen molar-refractivity contribution in [3.63, 3.8) is 0 Å². The van der Waals surface area contributed by atoms with Gasteiger partial charge in [-0.05, 0) is 31.5 Å². The maximum Gasteiger partial charge on any atom is 0.138 e. The van der Waals surface area contributed by atoms with Crippen LogP contribution in [0, 0.1) is 24.1 Å².